The van der Waals surface area contributed by atoms with Gasteiger partial charge in [-0.3, -0.25) is 4.90 Å². The third-order valence-corrected chi connectivity index (χ3v) is 12.9. The van der Waals surface area contributed by atoms with Gasteiger partial charge >= 0.3 is 6.16 Å². The van der Waals surface area contributed by atoms with Crippen LogP contribution in [0.2, 0.25) is 0 Å². The second-order valence-corrected chi connectivity index (χ2v) is 15.6. The predicted octanol–water partition coefficient (Wildman–Crippen LogP) is 3.97. The van der Waals surface area contributed by atoms with E-state index in [-0.39, 0.29) is 41.3 Å². The fourth-order valence-corrected chi connectivity index (χ4v) is 10.1. The second kappa shape index (κ2) is 9.79. The Morgan fingerprint density at radius 3 is 2.63 bits per heavy atom. The van der Waals surface area contributed by atoms with Crippen molar-refractivity contribution in [1.82, 2.24) is 4.90 Å². The Morgan fingerprint density at radius 1 is 1.19 bits per heavy atom. The molecule has 2 unspecified atom stereocenters. The monoisotopic (exact) mass is 599 g/mol. The molecule has 0 aromatic heterocycles. The molecule has 7 aliphatic rings. The Kier molecular flexibility index (Phi) is 6.78. The van der Waals surface area contributed by atoms with Crippen molar-refractivity contribution >= 4 is 6.16 Å². The van der Waals surface area contributed by atoms with Crippen molar-refractivity contribution < 1.29 is 39.1 Å². The molecule has 4 saturated carbocycles. The van der Waals surface area contributed by atoms with Gasteiger partial charge in [0.2, 0.25) is 0 Å². The van der Waals surface area contributed by atoms with Crippen molar-refractivity contribution in [3.63, 3.8) is 0 Å². The Hall–Kier alpha value is -1.91. The highest BCUT2D eigenvalue weighted by Gasteiger charge is 2.82. The molecule has 43 heavy (non-hydrogen) atoms. The van der Waals surface area contributed by atoms with Crippen LogP contribution in [0.1, 0.15) is 83.8 Å². The zero-order chi connectivity index (χ0) is 30.6. The van der Waals surface area contributed by atoms with Crippen LogP contribution in [-0.4, -0.2) is 89.2 Å². The third-order valence-electron chi connectivity index (χ3n) is 12.9. The Balaban J connectivity index is 1.33. The predicted molar refractivity (Wildman–Crippen MR) is 158 cm³/mol. The number of methoxy groups -OCH3 is 1. The molecule has 5 aliphatic carbocycles. The first-order valence-electron chi connectivity index (χ1n) is 16.3. The van der Waals surface area contributed by atoms with Crippen LogP contribution in [0.5, 0.6) is 11.5 Å². The minimum atomic E-state index is -1.01. The summed E-state index contributed by atoms with van der Waals surface area (Å²) in [5, 5.41) is 31.1. The molecule has 2 aliphatic heterocycles. The number of hydrogen-bond donors (Lipinski definition) is 3. The number of aliphatic hydroxyl groups excluding tert-OH is 2. The molecule has 1 saturated heterocycles. The maximum atomic E-state index is 12.8. The van der Waals surface area contributed by atoms with Gasteiger partial charge in [-0.25, -0.2) is 4.79 Å². The van der Waals surface area contributed by atoms with Gasteiger partial charge in [0, 0.05) is 48.4 Å². The van der Waals surface area contributed by atoms with Gasteiger partial charge in [0.05, 0.1) is 24.9 Å². The van der Waals surface area contributed by atoms with Gasteiger partial charge in [0.25, 0.3) is 0 Å². The number of carbonyl (C=O) groups excluding carboxylic acids is 1. The quantitative estimate of drug-likeness (QED) is 0.286. The zero-order valence-electron chi connectivity index (χ0n) is 26.4. The first kappa shape index (κ1) is 29.8. The molecule has 4 bridgehead atoms. The van der Waals surface area contributed by atoms with Gasteiger partial charge in [-0.05, 0) is 81.4 Å². The van der Waals surface area contributed by atoms with Gasteiger partial charge in [-0.1, -0.05) is 26.8 Å². The van der Waals surface area contributed by atoms with Gasteiger partial charge in [-0.2, -0.15) is 0 Å². The first-order valence-corrected chi connectivity index (χ1v) is 16.3. The zero-order valence-corrected chi connectivity index (χ0v) is 26.4. The number of nitrogens with zero attached hydrogens (tertiary/aromatic N) is 1. The molecule has 1 aromatic carbocycles. The molecular formula is C34H49NO8. The maximum Gasteiger partial charge on any atom is 0.513 e. The Bertz CT molecular complexity index is 1290. The van der Waals surface area contributed by atoms with Crippen molar-refractivity contribution in [3.05, 3.63) is 23.3 Å². The second-order valence-electron chi connectivity index (χ2n) is 15.6. The number of benzene rings is 1. The summed E-state index contributed by atoms with van der Waals surface area (Å²) in [5.74, 6) is 1.61. The van der Waals surface area contributed by atoms with Crippen LogP contribution >= 0.6 is 0 Å². The molecule has 8 rings (SSSR count). The van der Waals surface area contributed by atoms with Crippen molar-refractivity contribution in [2.24, 2.45) is 22.7 Å². The summed E-state index contributed by atoms with van der Waals surface area (Å²) in [6.45, 7) is 10.0. The lowest BCUT2D eigenvalue weighted by Gasteiger charge is -2.75. The standard InChI is InChI=1S/C34H49NO8/c1-30(2,3)31(4,39)24-17-32-11-12-34(24,40-5)28-33(32)13-14-35(18-20-6-7-20)25(32)16-21-8-9-23(27(43-28)26(21)33)42-29(38)41-15-10-22(37)19-36/h8-9,20,22,24-25,28,36-37,39H,6-7,10-19H2,1-5H3/t22-,24+,25+,28+,31-,32?,33?,34-/m0/s1. The number of piperidine rings is 1. The van der Waals surface area contributed by atoms with Crippen molar-refractivity contribution in [1.29, 1.82) is 0 Å². The molecule has 0 amide bonds. The molecule has 9 heteroatoms. The first-order chi connectivity index (χ1) is 20.3. The molecule has 238 valence electrons. The number of hydrogen-bond acceptors (Lipinski definition) is 9. The molecule has 2 heterocycles. The fourth-order valence-electron chi connectivity index (χ4n) is 10.1. The van der Waals surface area contributed by atoms with Gasteiger partial charge < -0.3 is 34.3 Å². The largest absolute Gasteiger partial charge is 0.513 e. The number of ether oxygens (including phenoxy) is 4. The fraction of sp³-hybridized carbons (Fsp3) is 0.794. The number of carbonyl (C=O) groups is 1. The molecule has 0 radical (unpaired) electrons. The van der Waals surface area contributed by atoms with Crippen LogP contribution in [-0.2, 0) is 21.3 Å². The van der Waals surface area contributed by atoms with E-state index in [9.17, 15) is 15.0 Å². The maximum absolute atomic E-state index is 12.8. The van der Waals surface area contributed by atoms with E-state index in [2.05, 4.69) is 31.7 Å². The summed E-state index contributed by atoms with van der Waals surface area (Å²) < 4.78 is 24.8. The summed E-state index contributed by atoms with van der Waals surface area (Å²) in [4.78, 5) is 15.5. The van der Waals surface area contributed by atoms with Gasteiger partial charge in [0.15, 0.2) is 11.5 Å². The van der Waals surface area contributed by atoms with E-state index in [1.807, 2.05) is 13.0 Å². The molecular weight excluding hydrogens is 550 g/mol. The van der Waals surface area contributed by atoms with Crippen LogP contribution in [0.4, 0.5) is 4.79 Å². The molecule has 1 aromatic rings. The Morgan fingerprint density at radius 2 is 1.95 bits per heavy atom. The average molecular weight is 600 g/mol. The van der Waals surface area contributed by atoms with Gasteiger partial charge in [-0.15, -0.1) is 0 Å². The molecule has 8 atom stereocenters. The normalized spacial score (nSPS) is 37.7. The van der Waals surface area contributed by atoms with E-state index < -0.39 is 30.1 Å². The van der Waals surface area contributed by atoms with Crippen LogP contribution < -0.4 is 9.47 Å². The Labute approximate surface area is 254 Å². The molecule has 5 fully saturated rings. The van der Waals surface area contributed by atoms with E-state index in [0.717, 1.165) is 51.1 Å². The van der Waals surface area contributed by atoms with E-state index in [1.54, 1.807) is 7.11 Å². The highest BCUT2D eigenvalue weighted by atomic mass is 16.7. The average Bonchev–Trinajstić information content (AvgIpc) is 3.71. The van der Waals surface area contributed by atoms with Crippen LogP contribution in [0.3, 0.4) is 0 Å². The number of likely N-dealkylation sites (tertiary alicyclic amines) is 1. The summed E-state index contributed by atoms with van der Waals surface area (Å²) in [7, 11) is 1.78. The van der Waals surface area contributed by atoms with Crippen molar-refractivity contribution in [2.45, 2.75) is 114 Å². The highest BCUT2D eigenvalue weighted by Crippen LogP contribution is 2.78. The lowest BCUT2D eigenvalue weighted by molar-refractivity contribution is -0.312. The number of fused-ring (bicyclic) bond motifs is 2. The summed E-state index contributed by atoms with van der Waals surface area (Å²) in [6.07, 6.45) is 5.20. The smallest absolute Gasteiger partial charge is 0.482 e. The summed E-state index contributed by atoms with van der Waals surface area (Å²) in [6, 6.07) is 4.29. The van der Waals surface area contributed by atoms with E-state index >= 15 is 0 Å². The molecule has 3 N–H and O–H groups in total. The topological polar surface area (TPSA) is 118 Å². The van der Waals surface area contributed by atoms with E-state index in [0.29, 0.717) is 17.5 Å². The van der Waals surface area contributed by atoms with Gasteiger partial charge in [0.1, 0.15) is 11.7 Å². The summed E-state index contributed by atoms with van der Waals surface area (Å²) >= 11 is 0. The van der Waals surface area contributed by atoms with E-state index in [4.69, 9.17) is 24.1 Å². The highest BCUT2D eigenvalue weighted by molar-refractivity contribution is 5.70. The SMILES string of the molecule is CO[C@@]12CCC3(C[C@@H]1[C@](C)(O)C(C)(C)C)[C@H]1Cc4ccc(OC(=O)OCC[C@H](O)CO)c5c4C3(CCN1CC1CC1)[C@H]2O5. The minimum Gasteiger partial charge on any atom is -0.482 e. The molecule has 9 nitrogen and oxygen atoms in total. The lowest BCUT2D eigenvalue weighted by atomic mass is 9.33. The van der Waals surface area contributed by atoms with E-state index in [1.165, 1.54) is 24.0 Å². The number of rotatable bonds is 9. The third kappa shape index (κ3) is 3.97. The molecule has 2 spiro atoms. The van der Waals surface area contributed by atoms with Crippen LogP contribution in [0.25, 0.3) is 0 Å². The summed E-state index contributed by atoms with van der Waals surface area (Å²) in [5.41, 5.74) is -0.0344. The van der Waals surface area contributed by atoms with Crippen molar-refractivity contribution in [3.8, 4) is 11.5 Å². The van der Waals surface area contributed by atoms with Crippen LogP contribution in [0.15, 0.2) is 12.1 Å². The lowest BCUT2D eigenvalue weighted by Crippen LogP contribution is -2.83. The van der Waals surface area contributed by atoms with Crippen molar-refractivity contribution in [2.75, 3.05) is 33.4 Å². The minimum absolute atomic E-state index is 0.0633. The number of aliphatic hydroxyl groups is 3. The van der Waals surface area contributed by atoms with Crippen LogP contribution in [0, 0.1) is 22.7 Å².